The molecule has 91 heavy (non-hydrogen) atoms. The Morgan fingerprint density at radius 1 is 0.165 bits per heavy atom. The van der Waals surface area contributed by atoms with E-state index in [1.54, 1.807) is 0 Å². The summed E-state index contributed by atoms with van der Waals surface area (Å²) in [5.41, 5.74) is 23.2. The summed E-state index contributed by atoms with van der Waals surface area (Å²) in [6, 6.07) is 114. The molecule has 0 aliphatic rings. The normalized spacial score (nSPS) is 11.7. The largest absolute Gasteiger partial charge is 0.309 e. The van der Waals surface area contributed by atoms with Gasteiger partial charge in [-0.2, -0.15) is 0 Å². The third-order valence-electron chi connectivity index (χ3n) is 17.6. The van der Waals surface area contributed by atoms with Gasteiger partial charge in [-0.3, -0.25) is 18.3 Å². The van der Waals surface area contributed by atoms with Crippen LogP contribution in [0.25, 0.3) is 162 Å². The molecule has 5 aromatic heterocycles. The molecule has 0 saturated heterocycles. The molecule has 9 nitrogen and oxygen atoms in total. The van der Waals surface area contributed by atoms with Crippen LogP contribution in [0.4, 0.5) is 0 Å². The number of para-hydroxylation sites is 13. The predicted molar refractivity (Wildman–Crippen MR) is 372 cm³/mol. The molecule has 0 N–H and O–H groups in total. The van der Waals surface area contributed by atoms with E-state index >= 15 is 0 Å². The van der Waals surface area contributed by atoms with Crippen LogP contribution < -0.4 is 0 Å². The maximum atomic E-state index is 5.45. The van der Waals surface area contributed by atoms with Crippen LogP contribution in [0, 0.1) is 0 Å². The molecule has 0 spiro atoms. The summed E-state index contributed by atoms with van der Waals surface area (Å²) in [5.74, 6) is 3.35. The van der Waals surface area contributed by atoms with E-state index in [0.29, 0.717) is 0 Å². The molecule has 426 valence electrons. The molecule has 0 unspecified atom stereocenters. The van der Waals surface area contributed by atoms with Crippen molar-refractivity contribution in [1.82, 2.24) is 42.8 Å². The number of hydrogen-bond donors (Lipinski definition) is 0. The average Bonchev–Trinajstić information content (AvgIpc) is 1.65. The first kappa shape index (κ1) is 51.7. The maximum Gasteiger partial charge on any atom is 0.145 e. The molecule has 5 heterocycles. The number of rotatable bonds is 11. The van der Waals surface area contributed by atoms with Gasteiger partial charge in [0.05, 0.1) is 55.2 Å². The Morgan fingerprint density at radius 2 is 0.396 bits per heavy atom. The van der Waals surface area contributed by atoms with Crippen LogP contribution in [0.3, 0.4) is 0 Å². The van der Waals surface area contributed by atoms with Crippen LogP contribution in [0.2, 0.25) is 0 Å². The molecule has 0 amide bonds. The third kappa shape index (κ3) is 8.70. The molecular weight excluding hydrogens is 1110 g/mol. The van der Waals surface area contributed by atoms with Crippen LogP contribution in [0.15, 0.2) is 322 Å². The van der Waals surface area contributed by atoms with E-state index in [-0.39, 0.29) is 0 Å². The second-order valence-electron chi connectivity index (χ2n) is 23.1. The summed E-state index contributed by atoms with van der Waals surface area (Å²) in [7, 11) is 0. The van der Waals surface area contributed by atoms with E-state index in [2.05, 4.69) is 344 Å². The van der Waals surface area contributed by atoms with Crippen molar-refractivity contribution in [1.29, 1.82) is 0 Å². The van der Waals surface area contributed by atoms with Crippen molar-refractivity contribution in [3.8, 4) is 96.2 Å². The second kappa shape index (κ2) is 21.2. The Morgan fingerprint density at radius 3 is 0.670 bits per heavy atom. The van der Waals surface area contributed by atoms with Crippen molar-refractivity contribution in [2.24, 2.45) is 0 Å². The first-order chi connectivity index (χ1) is 45.1. The van der Waals surface area contributed by atoms with E-state index in [0.717, 1.165) is 162 Å². The molecule has 18 aromatic rings. The minimum Gasteiger partial charge on any atom is -0.309 e. The summed E-state index contributed by atoms with van der Waals surface area (Å²) in [6.07, 6.45) is 0. The monoisotopic (exact) mass is 1160 g/mol. The summed E-state index contributed by atoms with van der Waals surface area (Å²) >= 11 is 0. The first-order valence-electron chi connectivity index (χ1n) is 30.7. The molecule has 0 aliphatic carbocycles. The van der Waals surface area contributed by atoms with Gasteiger partial charge < -0.3 is 4.57 Å². The van der Waals surface area contributed by atoms with Gasteiger partial charge in [0.25, 0.3) is 0 Å². The van der Waals surface area contributed by atoms with Gasteiger partial charge in [-0.15, -0.1) is 0 Å². The average molecular weight is 1160 g/mol. The fourth-order valence-electron chi connectivity index (χ4n) is 13.6. The Balaban J connectivity index is 0.884. The number of nitrogens with zero attached hydrogens (tertiary/aromatic N) is 9. The summed E-state index contributed by atoms with van der Waals surface area (Å²) in [5, 5.41) is 2.23. The Hall–Kier alpha value is -12.5. The SMILES string of the molecule is c1ccc(-n2c(-c3cc(-c4ccc5c(c4)c4cc(-c6cc(-c7nc8ccccc8n7-c7ccccc7)cc(-c7nc8ccccc8n7-c7ccccc7)c6)ccc4n5-c4ccccc4)cc(-c4nc5ccccc5n4-c4ccccc4)c3)nc3ccccc32)cc1. The third-order valence-corrected chi connectivity index (χ3v) is 17.6. The van der Waals surface area contributed by atoms with Gasteiger partial charge in [-0.1, -0.05) is 152 Å². The standard InChI is InChI=1S/C82H53N9/c1-6-24-62(25-7-1)87-73-44-42-54(56-46-58(79-83-69-34-16-20-38-75(69)88(79)63-26-8-2-9-27-63)50-59(47-56)80-84-70-35-17-21-39-76(70)89(80)64-28-10-3-11-29-64)52-67(73)68-53-55(43-45-74(68)87)57-48-60(81-85-71-36-18-22-40-77(71)90(81)65-30-12-4-13-31-65)51-61(49-57)82-86-72-37-19-23-41-78(72)91(82)66-32-14-5-15-33-66/h1-53H. The minimum atomic E-state index is 0.838. The fraction of sp³-hybridized carbons (Fsp3) is 0. The number of hydrogen-bond acceptors (Lipinski definition) is 4. The molecule has 0 saturated carbocycles. The van der Waals surface area contributed by atoms with Crippen LogP contribution in [0.1, 0.15) is 0 Å². The van der Waals surface area contributed by atoms with Gasteiger partial charge in [0.15, 0.2) is 0 Å². The molecule has 0 atom stereocenters. The van der Waals surface area contributed by atoms with Crippen LogP contribution in [0.5, 0.6) is 0 Å². The Labute approximate surface area is 523 Å². The molecule has 0 fully saturated rings. The van der Waals surface area contributed by atoms with Crippen molar-refractivity contribution >= 4 is 65.9 Å². The number of benzene rings is 13. The molecule has 18 rings (SSSR count). The lowest BCUT2D eigenvalue weighted by molar-refractivity contribution is 1.09. The zero-order valence-corrected chi connectivity index (χ0v) is 49.1. The highest BCUT2D eigenvalue weighted by molar-refractivity contribution is 6.12. The maximum absolute atomic E-state index is 5.45. The summed E-state index contributed by atoms with van der Waals surface area (Å²) in [4.78, 5) is 21.8. The smallest absolute Gasteiger partial charge is 0.145 e. The van der Waals surface area contributed by atoms with Gasteiger partial charge in [-0.05, 0) is 192 Å². The summed E-state index contributed by atoms with van der Waals surface area (Å²) in [6.45, 7) is 0. The lowest BCUT2D eigenvalue weighted by atomic mass is 9.96. The van der Waals surface area contributed by atoms with Crippen LogP contribution >= 0.6 is 0 Å². The molecule has 0 aliphatic heterocycles. The second-order valence-corrected chi connectivity index (χ2v) is 23.1. The van der Waals surface area contributed by atoms with E-state index < -0.39 is 0 Å². The molecule has 13 aromatic carbocycles. The molecule has 0 radical (unpaired) electrons. The van der Waals surface area contributed by atoms with Crippen molar-refractivity contribution < 1.29 is 0 Å². The number of aromatic nitrogens is 9. The van der Waals surface area contributed by atoms with Crippen molar-refractivity contribution in [2.45, 2.75) is 0 Å². The van der Waals surface area contributed by atoms with E-state index in [4.69, 9.17) is 19.9 Å². The fourth-order valence-corrected chi connectivity index (χ4v) is 13.6. The number of fused-ring (bicyclic) bond motifs is 7. The highest BCUT2D eigenvalue weighted by atomic mass is 15.1. The van der Waals surface area contributed by atoms with E-state index in [1.165, 1.54) is 0 Å². The highest BCUT2D eigenvalue weighted by Crippen LogP contribution is 2.43. The zero-order valence-electron chi connectivity index (χ0n) is 49.1. The topological polar surface area (TPSA) is 76.2 Å². The Kier molecular flexibility index (Phi) is 12.0. The van der Waals surface area contributed by atoms with Crippen molar-refractivity contribution in [3.05, 3.63) is 322 Å². The van der Waals surface area contributed by atoms with Gasteiger partial charge in [0.2, 0.25) is 0 Å². The quantitative estimate of drug-likeness (QED) is 0.129. The van der Waals surface area contributed by atoms with E-state index in [9.17, 15) is 0 Å². The molecule has 0 bridgehead atoms. The van der Waals surface area contributed by atoms with E-state index in [1.807, 2.05) is 0 Å². The Bertz CT molecular complexity index is 5210. The van der Waals surface area contributed by atoms with Gasteiger partial charge in [0.1, 0.15) is 23.3 Å². The van der Waals surface area contributed by atoms with Crippen LogP contribution in [-0.2, 0) is 0 Å². The summed E-state index contributed by atoms with van der Waals surface area (Å²) < 4.78 is 11.5. The van der Waals surface area contributed by atoms with Crippen molar-refractivity contribution in [3.63, 3.8) is 0 Å². The first-order valence-corrected chi connectivity index (χ1v) is 30.7. The minimum absolute atomic E-state index is 0.838. The predicted octanol–water partition coefficient (Wildman–Crippen LogP) is 20.1. The lowest BCUT2D eigenvalue weighted by Crippen LogP contribution is -2.00. The van der Waals surface area contributed by atoms with Gasteiger partial charge in [-0.25, -0.2) is 19.9 Å². The zero-order chi connectivity index (χ0) is 59.9. The van der Waals surface area contributed by atoms with Crippen LogP contribution in [-0.4, -0.2) is 42.8 Å². The van der Waals surface area contributed by atoms with Crippen molar-refractivity contribution in [2.75, 3.05) is 0 Å². The molecule has 9 heteroatoms. The number of imidazole rings is 4. The highest BCUT2D eigenvalue weighted by Gasteiger charge is 2.24. The molecular formula is C82H53N9. The van der Waals surface area contributed by atoms with Gasteiger partial charge >= 0.3 is 0 Å². The van der Waals surface area contributed by atoms with Gasteiger partial charge in [0, 0.05) is 61.5 Å². The lowest BCUT2D eigenvalue weighted by Gasteiger charge is -2.15.